The lowest BCUT2D eigenvalue weighted by Gasteiger charge is -2.29. The molecule has 0 saturated heterocycles. The first-order valence-corrected chi connectivity index (χ1v) is 9.34. The molecule has 7 heteroatoms. The monoisotopic (exact) mass is 393 g/mol. The van der Waals surface area contributed by atoms with Crippen molar-refractivity contribution in [3.8, 4) is 17.0 Å². The molecule has 0 radical (unpaired) electrons. The highest BCUT2D eigenvalue weighted by Gasteiger charge is 2.43. The van der Waals surface area contributed by atoms with E-state index in [0.29, 0.717) is 5.69 Å². The first kappa shape index (κ1) is 19.2. The highest BCUT2D eigenvalue weighted by Crippen LogP contribution is 2.43. The number of carbonyl (C=O) groups is 1. The third-order valence-corrected chi connectivity index (χ3v) is 5.25. The highest BCUT2D eigenvalue weighted by atomic mass is 16.7. The molecule has 2 heterocycles. The van der Waals surface area contributed by atoms with Crippen molar-refractivity contribution in [2.24, 2.45) is 0 Å². The van der Waals surface area contributed by atoms with Gasteiger partial charge in [-0.15, -0.1) is 0 Å². The van der Waals surface area contributed by atoms with Gasteiger partial charge in [-0.3, -0.25) is 9.89 Å². The molecule has 0 spiro atoms. The Hall–Kier alpha value is -3.16. The number of aryl methyl sites for hydroxylation is 1. The number of H-pyrrole nitrogens is 1. The van der Waals surface area contributed by atoms with E-state index in [1.807, 2.05) is 37.3 Å². The summed E-state index contributed by atoms with van der Waals surface area (Å²) in [4.78, 5) is 14.9. The molecular weight excluding hydrogens is 370 g/mol. The maximum atomic E-state index is 13.2. The van der Waals surface area contributed by atoms with E-state index >= 15 is 0 Å². The highest BCUT2D eigenvalue weighted by molar-refractivity contribution is 6.00. The van der Waals surface area contributed by atoms with Crippen molar-refractivity contribution in [1.29, 1.82) is 0 Å². The van der Waals surface area contributed by atoms with Crippen LogP contribution < -0.4 is 0 Å². The van der Waals surface area contributed by atoms with E-state index in [9.17, 15) is 9.90 Å². The molecule has 0 fully saturated rings. The van der Waals surface area contributed by atoms with Gasteiger partial charge in [-0.25, -0.2) is 0 Å². The summed E-state index contributed by atoms with van der Waals surface area (Å²) in [5, 5.41) is 17.4. The Morgan fingerprint density at radius 3 is 2.55 bits per heavy atom. The minimum absolute atomic E-state index is 0.138. The van der Waals surface area contributed by atoms with Crippen molar-refractivity contribution < 1.29 is 19.4 Å². The Morgan fingerprint density at radius 1 is 1.17 bits per heavy atom. The van der Waals surface area contributed by atoms with Crippen molar-refractivity contribution >= 4 is 5.91 Å². The molecule has 0 bridgehead atoms. The smallest absolute Gasteiger partial charge is 0.273 e. The fraction of sp³-hybridized carbons (Fsp3) is 0.273. The second-order valence-electron chi connectivity index (χ2n) is 7.08. The van der Waals surface area contributed by atoms with Crippen LogP contribution in [0.4, 0.5) is 0 Å². The Labute approximate surface area is 168 Å². The number of amides is 1. The average molecular weight is 393 g/mol. The Balaban J connectivity index is 1.85. The van der Waals surface area contributed by atoms with Crippen LogP contribution in [-0.2, 0) is 9.47 Å². The standard InChI is InChI=1S/C22H23N3O4/c1-13-7-9-14(10-8-13)19-18-20(24-23-19)22(27)25(12-17(28-2)29-3)21(18)15-5-4-6-16(26)11-15/h4-11,17,21,26H,12H2,1-3H3,(H,23,24). The lowest BCUT2D eigenvalue weighted by Crippen LogP contribution is -2.38. The third-order valence-electron chi connectivity index (χ3n) is 5.25. The van der Waals surface area contributed by atoms with Crippen LogP contribution in [0.2, 0.25) is 0 Å². The topological polar surface area (TPSA) is 87.7 Å². The number of aromatic amines is 1. The molecule has 1 amide bonds. The van der Waals surface area contributed by atoms with Crippen LogP contribution in [0.15, 0.2) is 48.5 Å². The molecule has 1 aromatic heterocycles. The summed E-state index contributed by atoms with van der Waals surface area (Å²) in [6.45, 7) is 2.26. The summed E-state index contributed by atoms with van der Waals surface area (Å²) >= 11 is 0. The van der Waals surface area contributed by atoms with Crippen LogP contribution in [-0.4, -0.2) is 53.2 Å². The van der Waals surface area contributed by atoms with E-state index < -0.39 is 12.3 Å². The van der Waals surface area contributed by atoms with Crippen molar-refractivity contribution in [1.82, 2.24) is 15.1 Å². The van der Waals surface area contributed by atoms with Gasteiger partial charge in [0.05, 0.1) is 18.3 Å². The largest absolute Gasteiger partial charge is 0.508 e. The zero-order chi connectivity index (χ0) is 20.5. The second kappa shape index (κ2) is 7.69. The molecule has 1 aliphatic rings. The Bertz CT molecular complexity index is 1020. The van der Waals surface area contributed by atoms with Crippen molar-refractivity contribution in [2.45, 2.75) is 19.3 Å². The molecule has 2 N–H and O–H groups in total. The van der Waals surface area contributed by atoms with Gasteiger partial charge in [-0.05, 0) is 24.6 Å². The maximum absolute atomic E-state index is 13.2. The van der Waals surface area contributed by atoms with Crippen LogP contribution in [0.3, 0.4) is 0 Å². The first-order valence-electron chi connectivity index (χ1n) is 9.34. The van der Waals surface area contributed by atoms with Crippen LogP contribution in [0.25, 0.3) is 11.3 Å². The number of nitrogens with one attached hydrogen (secondary N) is 1. The number of aromatic nitrogens is 2. The number of ether oxygens (including phenoxy) is 2. The number of benzene rings is 2. The molecule has 4 rings (SSSR count). The lowest BCUT2D eigenvalue weighted by molar-refractivity contribution is -0.113. The zero-order valence-electron chi connectivity index (χ0n) is 16.5. The summed E-state index contributed by atoms with van der Waals surface area (Å²) in [6, 6.07) is 14.5. The number of phenolic OH excluding ortho intramolecular Hbond substituents is 1. The van der Waals surface area contributed by atoms with E-state index in [0.717, 1.165) is 27.9 Å². The number of phenols is 1. The predicted molar refractivity (Wildman–Crippen MR) is 108 cm³/mol. The maximum Gasteiger partial charge on any atom is 0.273 e. The summed E-state index contributed by atoms with van der Waals surface area (Å²) in [5.41, 5.74) is 4.80. The van der Waals surface area contributed by atoms with Gasteiger partial charge in [0.1, 0.15) is 11.4 Å². The van der Waals surface area contributed by atoms with Gasteiger partial charge in [0, 0.05) is 25.3 Å². The minimum Gasteiger partial charge on any atom is -0.508 e. The SMILES string of the molecule is COC(CN1C(=O)c2[nH]nc(-c3ccc(C)cc3)c2C1c1cccc(O)c1)OC. The molecule has 7 nitrogen and oxygen atoms in total. The zero-order valence-corrected chi connectivity index (χ0v) is 16.5. The van der Waals surface area contributed by atoms with Gasteiger partial charge in [0.15, 0.2) is 6.29 Å². The Morgan fingerprint density at radius 2 is 1.90 bits per heavy atom. The fourth-order valence-corrected chi connectivity index (χ4v) is 3.76. The molecule has 1 unspecified atom stereocenters. The van der Waals surface area contributed by atoms with Crippen LogP contribution in [0.5, 0.6) is 5.75 Å². The minimum atomic E-state index is -0.571. The van der Waals surface area contributed by atoms with Crippen molar-refractivity contribution in [3.63, 3.8) is 0 Å². The lowest BCUT2D eigenvalue weighted by atomic mass is 9.95. The van der Waals surface area contributed by atoms with Crippen molar-refractivity contribution in [2.75, 3.05) is 20.8 Å². The number of nitrogens with zero attached hydrogens (tertiary/aromatic N) is 2. The van der Waals surface area contributed by atoms with E-state index in [1.165, 1.54) is 14.2 Å². The molecule has 1 aliphatic heterocycles. The van der Waals surface area contributed by atoms with Crippen LogP contribution in [0, 0.1) is 6.92 Å². The molecule has 29 heavy (non-hydrogen) atoms. The van der Waals surface area contributed by atoms with E-state index in [-0.39, 0.29) is 18.2 Å². The van der Waals surface area contributed by atoms with Crippen molar-refractivity contribution in [3.05, 3.63) is 70.9 Å². The van der Waals surface area contributed by atoms with Gasteiger partial charge >= 0.3 is 0 Å². The predicted octanol–water partition coefficient (Wildman–Crippen LogP) is 3.25. The van der Waals surface area contributed by atoms with Gasteiger partial charge in [-0.1, -0.05) is 42.0 Å². The normalized spacial score (nSPS) is 15.9. The number of rotatable bonds is 6. The van der Waals surface area contributed by atoms with E-state index in [1.54, 1.807) is 23.1 Å². The quantitative estimate of drug-likeness (QED) is 0.628. The Kier molecular flexibility index (Phi) is 5.08. The van der Waals surface area contributed by atoms with E-state index in [4.69, 9.17) is 9.47 Å². The first-order chi connectivity index (χ1) is 14.0. The summed E-state index contributed by atoms with van der Waals surface area (Å²) in [6.07, 6.45) is -0.571. The number of hydrogen-bond acceptors (Lipinski definition) is 5. The molecule has 3 aromatic rings. The third kappa shape index (κ3) is 3.39. The molecule has 1 atom stereocenters. The second-order valence-corrected chi connectivity index (χ2v) is 7.08. The average Bonchev–Trinajstić information content (AvgIpc) is 3.26. The summed E-state index contributed by atoms with van der Waals surface area (Å²) < 4.78 is 10.7. The number of aromatic hydroxyl groups is 1. The molecule has 2 aromatic carbocycles. The van der Waals surface area contributed by atoms with Crippen LogP contribution >= 0.6 is 0 Å². The molecular formula is C22H23N3O4. The number of methoxy groups -OCH3 is 2. The molecule has 150 valence electrons. The van der Waals surface area contributed by atoms with Crippen LogP contribution in [0.1, 0.15) is 33.2 Å². The summed E-state index contributed by atoms with van der Waals surface area (Å²) in [5.74, 6) is -0.0444. The molecule has 0 saturated carbocycles. The van der Waals surface area contributed by atoms with Gasteiger partial charge < -0.3 is 19.5 Å². The van der Waals surface area contributed by atoms with Gasteiger partial charge in [-0.2, -0.15) is 5.10 Å². The number of fused-ring (bicyclic) bond motifs is 1. The summed E-state index contributed by atoms with van der Waals surface area (Å²) in [7, 11) is 3.08. The fourth-order valence-electron chi connectivity index (χ4n) is 3.76. The number of hydrogen-bond donors (Lipinski definition) is 2. The number of carbonyl (C=O) groups excluding carboxylic acids is 1. The molecule has 0 aliphatic carbocycles. The van der Waals surface area contributed by atoms with E-state index in [2.05, 4.69) is 10.2 Å². The van der Waals surface area contributed by atoms with Gasteiger partial charge in [0.2, 0.25) is 0 Å². The van der Waals surface area contributed by atoms with Gasteiger partial charge in [0.25, 0.3) is 5.91 Å².